The minimum atomic E-state index is -0.231. The van der Waals surface area contributed by atoms with E-state index in [2.05, 4.69) is 10.3 Å². The zero-order valence-corrected chi connectivity index (χ0v) is 18.0. The molecule has 152 valence electrons. The molecule has 1 unspecified atom stereocenters. The topological polar surface area (TPSA) is 54.5 Å². The fraction of sp³-hybridized carbons (Fsp3) is 0.304. The van der Waals surface area contributed by atoms with Crippen molar-refractivity contribution in [3.8, 4) is 5.75 Å². The molecule has 0 radical (unpaired) electrons. The van der Waals surface area contributed by atoms with E-state index in [0.29, 0.717) is 23.1 Å². The molecule has 3 aromatic rings. The number of nitrogens with zero attached hydrogens (tertiary/aromatic N) is 2. The van der Waals surface area contributed by atoms with Crippen molar-refractivity contribution in [1.82, 2.24) is 15.2 Å². The lowest BCUT2D eigenvalue weighted by molar-refractivity contribution is 0.0939. The molecule has 0 bridgehead atoms. The highest BCUT2D eigenvalue weighted by molar-refractivity contribution is 6.30. The molecule has 3 rings (SSSR count). The van der Waals surface area contributed by atoms with Crippen LogP contribution < -0.4 is 10.1 Å². The second-order valence-corrected chi connectivity index (χ2v) is 7.76. The number of amides is 1. The average Bonchev–Trinajstić information content (AvgIpc) is 2.68. The van der Waals surface area contributed by atoms with E-state index in [9.17, 15) is 4.79 Å². The molecular weight excluding hydrogens is 386 g/mol. The third-order valence-corrected chi connectivity index (χ3v) is 4.99. The van der Waals surface area contributed by atoms with Gasteiger partial charge in [-0.1, -0.05) is 35.9 Å². The maximum atomic E-state index is 13.0. The van der Waals surface area contributed by atoms with Gasteiger partial charge >= 0.3 is 0 Å². The van der Waals surface area contributed by atoms with Gasteiger partial charge < -0.3 is 15.0 Å². The van der Waals surface area contributed by atoms with Crippen molar-refractivity contribution in [2.75, 3.05) is 27.2 Å². The maximum Gasteiger partial charge on any atom is 0.252 e. The summed E-state index contributed by atoms with van der Waals surface area (Å²) >= 11 is 6.19. The molecule has 1 amide bonds. The third-order valence-electron chi connectivity index (χ3n) is 4.79. The van der Waals surface area contributed by atoms with Crippen LogP contribution in [0.15, 0.2) is 48.5 Å². The van der Waals surface area contributed by atoms with Crippen molar-refractivity contribution in [2.24, 2.45) is 0 Å². The van der Waals surface area contributed by atoms with Crippen LogP contribution in [0.5, 0.6) is 5.75 Å². The summed E-state index contributed by atoms with van der Waals surface area (Å²) in [5.74, 6) is 0.540. The molecule has 29 heavy (non-hydrogen) atoms. The number of hydrogen-bond donors (Lipinski definition) is 1. The Labute approximate surface area is 176 Å². The summed E-state index contributed by atoms with van der Waals surface area (Å²) < 4.78 is 5.78. The molecule has 1 atom stereocenters. The van der Waals surface area contributed by atoms with Crippen molar-refractivity contribution < 1.29 is 9.53 Å². The number of likely N-dealkylation sites (N-methyl/N-ethyl adjacent to an activating group) is 1. The number of benzene rings is 2. The monoisotopic (exact) mass is 411 g/mol. The van der Waals surface area contributed by atoms with Crippen molar-refractivity contribution in [2.45, 2.75) is 19.9 Å². The maximum absolute atomic E-state index is 13.0. The van der Waals surface area contributed by atoms with Crippen LogP contribution in [-0.4, -0.2) is 43.0 Å². The summed E-state index contributed by atoms with van der Waals surface area (Å²) in [5.41, 5.74) is 3.24. The summed E-state index contributed by atoms with van der Waals surface area (Å²) in [6, 6.07) is 14.9. The predicted molar refractivity (Wildman–Crippen MR) is 118 cm³/mol. The van der Waals surface area contributed by atoms with Crippen LogP contribution in [0.2, 0.25) is 5.15 Å². The van der Waals surface area contributed by atoms with Crippen LogP contribution in [0.1, 0.15) is 34.5 Å². The Balaban J connectivity index is 1.80. The number of rotatable bonds is 7. The van der Waals surface area contributed by atoms with Gasteiger partial charge in [-0.25, -0.2) is 4.98 Å². The van der Waals surface area contributed by atoms with Crippen LogP contribution in [-0.2, 0) is 0 Å². The van der Waals surface area contributed by atoms with Gasteiger partial charge in [-0.3, -0.25) is 4.79 Å². The number of carbonyl (C=O) groups is 1. The average molecular weight is 412 g/mol. The number of para-hydroxylation sites is 1. The van der Waals surface area contributed by atoms with Gasteiger partial charge in [-0.15, -0.1) is 0 Å². The Morgan fingerprint density at radius 1 is 1.21 bits per heavy atom. The molecular formula is C23H26ClN3O2. The first-order chi connectivity index (χ1) is 13.8. The van der Waals surface area contributed by atoms with E-state index in [-0.39, 0.29) is 11.9 Å². The molecule has 5 nitrogen and oxygen atoms in total. The van der Waals surface area contributed by atoms with Crippen LogP contribution >= 0.6 is 11.6 Å². The lowest BCUT2D eigenvalue weighted by Crippen LogP contribution is -2.27. The summed E-state index contributed by atoms with van der Waals surface area (Å²) in [4.78, 5) is 19.4. The zero-order chi connectivity index (χ0) is 21.0. The highest BCUT2D eigenvalue weighted by Crippen LogP contribution is 2.26. The van der Waals surface area contributed by atoms with Crippen LogP contribution in [0, 0.1) is 6.92 Å². The molecule has 1 heterocycles. The summed E-state index contributed by atoms with van der Waals surface area (Å²) in [6.45, 7) is 5.24. The molecule has 0 fully saturated rings. The van der Waals surface area contributed by atoms with Gasteiger partial charge in [0.2, 0.25) is 0 Å². The smallest absolute Gasteiger partial charge is 0.252 e. The van der Waals surface area contributed by atoms with Crippen molar-refractivity contribution in [3.05, 3.63) is 70.4 Å². The Morgan fingerprint density at radius 2 is 1.97 bits per heavy atom. The van der Waals surface area contributed by atoms with Gasteiger partial charge in [-0.2, -0.15) is 0 Å². The SMILES string of the molecule is Cc1ccc(OCCN(C)C)cc1C(=O)NC(C)c1cc(Cl)nc2ccccc12. The molecule has 0 saturated heterocycles. The van der Waals surface area contributed by atoms with Crippen molar-refractivity contribution >= 4 is 28.4 Å². The molecule has 0 spiro atoms. The Morgan fingerprint density at radius 3 is 2.72 bits per heavy atom. The van der Waals surface area contributed by atoms with Crippen LogP contribution in [0.4, 0.5) is 0 Å². The van der Waals surface area contributed by atoms with Crippen LogP contribution in [0.3, 0.4) is 0 Å². The van der Waals surface area contributed by atoms with Gasteiger partial charge in [0.25, 0.3) is 5.91 Å². The fourth-order valence-corrected chi connectivity index (χ4v) is 3.37. The molecule has 1 N–H and O–H groups in total. The summed E-state index contributed by atoms with van der Waals surface area (Å²) in [6.07, 6.45) is 0. The second kappa shape index (κ2) is 9.25. The highest BCUT2D eigenvalue weighted by Gasteiger charge is 2.17. The number of pyridine rings is 1. The van der Waals surface area contributed by atoms with Crippen LogP contribution in [0.25, 0.3) is 10.9 Å². The fourth-order valence-electron chi connectivity index (χ4n) is 3.16. The molecule has 2 aromatic carbocycles. The van der Waals surface area contributed by atoms with Gasteiger partial charge in [0.05, 0.1) is 11.6 Å². The Hall–Kier alpha value is -2.63. The van der Waals surface area contributed by atoms with E-state index in [1.54, 1.807) is 6.07 Å². The number of aromatic nitrogens is 1. The number of hydrogen-bond acceptors (Lipinski definition) is 4. The molecule has 1 aromatic heterocycles. The summed E-state index contributed by atoms with van der Waals surface area (Å²) in [7, 11) is 3.99. The molecule has 0 saturated carbocycles. The third kappa shape index (κ3) is 5.25. The number of carbonyl (C=O) groups excluding carboxylic acids is 1. The number of fused-ring (bicyclic) bond motifs is 1. The molecule has 6 heteroatoms. The van der Waals surface area contributed by atoms with Gasteiger partial charge in [-0.05, 0) is 63.3 Å². The highest BCUT2D eigenvalue weighted by atomic mass is 35.5. The van der Waals surface area contributed by atoms with E-state index in [0.717, 1.165) is 28.6 Å². The first-order valence-corrected chi connectivity index (χ1v) is 9.97. The molecule has 0 aliphatic carbocycles. The predicted octanol–water partition coefficient (Wildman–Crippen LogP) is 4.63. The first-order valence-electron chi connectivity index (χ1n) is 9.59. The Bertz CT molecular complexity index is 1020. The van der Waals surface area contributed by atoms with E-state index in [1.165, 1.54) is 0 Å². The van der Waals surface area contributed by atoms with Gasteiger partial charge in [0.15, 0.2) is 0 Å². The normalized spacial score (nSPS) is 12.2. The molecule has 0 aliphatic heterocycles. The number of nitrogens with one attached hydrogen (secondary N) is 1. The van der Waals surface area contributed by atoms with Crippen molar-refractivity contribution in [3.63, 3.8) is 0 Å². The second-order valence-electron chi connectivity index (χ2n) is 7.37. The lowest BCUT2D eigenvalue weighted by Gasteiger charge is -2.18. The largest absolute Gasteiger partial charge is 0.492 e. The first kappa shape index (κ1) is 21.1. The lowest BCUT2D eigenvalue weighted by atomic mass is 10.0. The summed E-state index contributed by atoms with van der Waals surface area (Å²) in [5, 5.41) is 4.47. The Kier molecular flexibility index (Phi) is 6.72. The zero-order valence-electron chi connectivity index (χ0n) is 17.2. The molecule has 0 aliphatic rings. The number of halogens is 1. The van der Waals surface area contributed by atoms with E-state index < -0.39 is 0 Å². The standard InChI is InChI=1S/C23H26ClN3O2/c1-15-9-10-17(29-12-11-27(3)4)13-19(15)23(28)25-16(2)20-14-22(24)26-21-8-6-5-7-18(20)21/h5-10,13-14,16H,11-12H2,1-4H3,(H,25,28). The van der Waals surface area contributed by atoms with Crippen molar-refractivity contribution in [1.29, 1.82) is 0 Å². The van der Waals surface area contributed by atoms with E-state index in [4.69, 9.17) is 16.3 Å². The van der Waals surface area contributed by atoms with E-state index >= 15 is 0 Å². The quantitative estimate of drug-likeness (QED) is 0.576. The minimum Gasteiger partial charge on any atom is -0.492 e. The van der Waals surface area contributed by atoms with Gasteiger partial charge in [0.1, 0.15) is 17.5 Å². The number of ether oxygens (including phenoxy) is 1. The number of aryl methyl sites for hydroxylation is 1. The van der Waals surface area contributed by atoms with Gasteiger partial charge in [0, 0.05) is 17.5 Å². The minimum absolute atomic E-state index is 0.148. The van der Waals surface area contributed by atoms with E-state index in [1.807, 2.05) is 75.3 Å².